The van der Waals surface area contributed by atoms with Gasteiger partial charge in [-0.1, -0.05) is 18.9 Å². The van der Waals surface area contributed by atoms with E-state index >= 15 is 0 Å². The van der Waals surface area contributed by atoms with E-state index in [9.17, 15) is 4.79 Å². The maximum atomic E-state index is 11.6. The lowest BCUT2D eigenvalue weighted by Gasteiger charge is -2.09. The number of nitrogens with zero attached hydrogens (tertiary/aromatic N) is 2. The van der Waals surface area contributed by atoms with Crippen LogP contribution >= 0.6 is 11.3 Å². The van der Waals surface area contributed by atoms with Crippen LogP contribution in [0, 0.1) is 0 Å². The Balaban J connectivity index is 1.63. The van der Waals surface area contributed by atoms with Crippen molar-refractivity contribution in [2.45, 2.75) is 31.7 Å². The van der Waals surface area contributed by atoms with Crippen LogP contribution in [0.1, 0.15) is 25.7 Å². The Morgan fingerprint density at radius 3 is 3.00 bits per heavy atom. The average molecular weight is 315 g/mol. The lowest BCUT2D eigenvalue weighted by molar-refractivity contribution is 0.528. The second kappa shape index (κ2) is 5.28. The molecule has 0 saturated heterocycles. The molecule has 4 rings (SSSR count). The van der Waals surface area contributed by atoms with Crippen LogP contribution in [-0.4, -0.2) is 15.6 Å². The number of rotatable bonds is 3. The molecule has 1 saturated carbocycles. The highest BCUT2D eigenvalue weighted by atomic mass is 32.1. The molecule has 2 aromatic heterocycles. The van der Waals surface area contributed by atoms with Gasteiger partial charge in [0.15, 0.2) is 10.7 Å². The second-order valence-corrected chi connectivity index (χ2v) is 6.63. The fourth-order valence-electron chi connectivity index (χ4n) is 3.01. The maximum Gasteiger partial charge on any atom is 0.419 e. The molecule has 0 unspecified atom stereocenters. The Kier molecular flexibility index (Phi) is 3.26. The van der Waals surface area contributed by atoms with E-state index in [-0.39, 0.29) is 5.76 Å². The van der Waals surface area contributed by atoms with Crippen LogP contribution in [0.3, 0.4) is 0 Å². The van der Waals surface area contributed by atoms with Gasteiger partial charge in [-0.15, -0.1) is 11.3 Å². The van der Waals surface area contributed by atoms with E-state index in [1.807, 2.05) is 23.6 Å². The van der Waals surface area contributed by atoms with Crippen molar-refractivity contribution >= 4 is 27.6 Å². The van der Waals surface area contributed by atoms with Crippen molar-refractivity contribution in [1.82, 2.24) is 9.55 Å². The third kappa shape index (κ3) is 2.33. The lowest BCUT2D eigenvalue weighted by Crippen LogP contribution is -2.13. The first-order chi connectivity index (χ1) is 10.7. The summed E-state index contributed by atoms with van der Waals surface area (Å²) < 4.78 is 6.75. The van der Waals surface area contributed by atoms with Crippen LogP contribution in [-0.2, 0) is 7.05 Å². The lowest BCUT2D eigenvalue weighted by atomic mass is 10.1. The van der Waals surface area contributed by atoms with Crippen molar-refractivity contribution in [2.24, 2.45) is 7.05 Å². The summed E-state index contributed by atoms with van der Waals surface area (Å²) in [6.45, 7) is 0. The first kappa shape index (κ1) is 13.6. The predicted molar refractivity (Wildman–Crippen MR) is 88.4 cm³/mol. The first-order valence-corrected chi connectivity index (χ1v) is 8.41. The molecule has 0 bridgehead atoms. The molecule has 0 atom stereocenters. The Bertz CT molecular complexity index is 871. The van der Waals surface area contributed by atoms with E-state index in [0.29, 0.717) is 11.6 Å². The number of nitrogens with one attached hydrogen (secondary N) is 1. The average Bonchev–Trinajstić information content (AvgIpc) is 3.23. The number of oxazole rings is 1. The molecule has 0 spiro atoms. The van der Waals surface area contributed by atoms with Crippen LogP contribution in [0.5, 0.6) is 0 Å². The standard InChI is InChI=1S/C16H17N3O2S/c1-19-13-7-6-10(8-14(13)21-16(19)20)12-9-22-15(18-12)17-11-4-2-3-5-11/h6-9,11H,2-5H2,1H3,(H,17,18). The number of hydrogen-bond donors (Lipinski definition) is 1. The summed E-state index contributed by atoms with van der Waals surface area (Å²) in [6.07, 6.45) is 5.07. The fourth-order valence-corrected chi connectivity index (χ4v) is 3.81. The number of benzene rings is 1. The van der Waals surface area contributed by atoms with Gasteiger partial charge in [0.25, 0.3) is 0 Å². The molecule has 2 heterocycles. The van der Waals surface area contributed by atoms with Crippen LogP contribution in [0.2, 0.25) is 0 Å². The molecule has 114 valence electrons. The molecule has 1 aliphatic carbocycles. The van der Waals surface area contributed by atoms with Gasteiger partial charge in [0.05, 0.1) is 11.2 Å². The maximum absolute atomic E-state index is 11.6. The third-order valence-electron chi connectivity index (χ3n) is 4.28. The minimum absolute atomic E-state index is 0.339. The van der Waals surface area contributed by atoms with Crippen molar-refractivity contribution < 1.29 is 4.42 Å². The summed E-state index contributed by atoms with van der Waals surface area (Å²) in [6, 6.07) is 6.32. The number of hydrogen-bond acceptors (Lipinski definition) is 5. The minimum Gasteiger partial charge on any atom is -0.408 e. The molecule has 1 aliphatic rings. The smallest absolute Gasteiger partial charge is 0.408 e. The third-order valence-corrected chi connectivity index (χ3v) is 5.05. The number of anilines is 1. The molecule has 22 heavy (non-hydrogen) atoms. The SMILES string of the molecule is Cn1c(=O)oc2cc(-c3csc(NC4CCCC4)n3)ccc21. The van der Waals surface area contributed by atoms with Gasteiger partial charge in [0, 0.05) is 24.0 Å². The van der Waals surface area contributed by atoms with Gasteiger partial charge < -0.3 is 9.73 Å². The molecular weight excluding hydrogens is 298 g/mol. The molecule has 5 nitrogen and oxygen atoms in total. The Morgan fingerprint density at radius 2 is 2.18 bits per heavy atom. The zero-order valence-corrected chi connectivity index (χ0v) is 13.2. The van der Waals surface area contributed by atoms with Crippen molar-refractivity contribution in [3.8, 4) is 11.3 Å². The number of aryl methyl sites for hydroxylation is 1. The summed E-state index contributed by atoms with van der Waals surface area (Å²) >= 11 is 1.63. The van der Waals surface area contributed by atoms with Crippen LogP contribution < -0.4 is 11.1 Å². The van der Waals surface area contributed by atoms with E-state index in [1.54, 1.807) is 18.4 Å². The normalized spacial score (nSPS) is 15.7. The summed E-state index contributed by atoms with van der Waals surface area (Å²) in [5, 5.41) is 6.52. The van der Waals surface area contributed by atoms with Gasteiger partial charge in [-0.25, -0.2) is 9.78 Å². The highest BCUT2D eigenvalue weighted by molar-refractivity contribution is 7.14. The van der Waals surface area contributed by atoms with Crippen molar-refractivity contribution in [2.75, 3.05) is 5.32 Å². The molecule has 1 aromatic carbocycles. The van der Waals surface area contributed by atoms with Crippen molar-refractivity contribution in [1.29, 1.82) is 0 Å². The van der Waals surface area contributed by atoms with Crippen molar-refractivity contribution in [3.05, 3.63) is 34.1 Å². The van der Waals surface area contributed by atoms with E-state index < -0.39 is 0 Å². The van der Waals surface area contributed by atoms with Gasteiger partial charge in [0.1, 0.15) is 0 Å². The van der Waals surface area contributed by atoms with Gasteiger partial charge >= 0.3 is 5.76 Å². The Morgan fingerprint density at radius 1 is 1.36 bits per heavy atom. The summed E-state index contributed by atoms with van der Waals surface area (Å²) in [4.78, 5) is 16.2. The van der Waals surface area contributed by atoms with Crippen LogP contribution in [0.15, 0.2) is 32.8 Å². The summed E-state index contributed by atoms with van der Waals surface area (Å²) in [5.74, 6) is -0.339. The Labute approximate surface area is 131 Å². The number of fused-ring (bicyclic) bond motifs is 1. The largest absolute Gasteiger partial charge is 0.419 e. The highest BCUT2D eigenvalue weighted by Gasteiger charge is 2.16. The highest BCUT2D eigenvalue weighted by Crippen LogP contribution is 2.29. The van der Waals surface area contributed by atoms with E-state index in [2.05, 4.69) is 10.3 Å². The zero-order valence-electron chi connectivity index (χ0n) is 12.3. The van der Waals surface area contributed by atoms with Crippen LogP contribution in [0.25, 0.3) is 22.4 Å². The van der Waals surface area contributed by atoms with E-state index in [4.69, 9.17) is 4.42 Å². The summed E-state index contributed by atoms with van der Waals surface area (Å²) in [5.41, 5.74) is 3.29. The Hall–Kier alpha value is -2.08. The quantitative estimate of drug-likeness (QED) is 0.802. The molecule has 1 N–H and O–H groups in total. The topological polar surface area (TPSA) is 60.1 Å². The molecule has 3 aromatic rings. The minimum atomic E-state index is -0.339. The molecular formula is C16H17N3O2S. The van der Waals surface area contributed by atoms with Gasteiger partial charge in [0.2, 0.25) is 0 Å². The predicted octanol–water partition coefficient (Wildman–Crippen LogP) is 3.61. The molecule has 6 heteroatoms. The second-order valence-electron chi connectivity index (χ2n) is 5.77. The van der Waals surface area contributed by atoms with Crippen molar-refractivity contribution in [3.63, 3.8) is 0 Å². The first-order valence-electron chi connectivity index (χ1n) is 7.53. The molecule has 0 radical (unpaired) electrons. The molecule has 0 aliphatic heterocycles. The monoisotopic (exact) mass is 315 g/mol. The van der Waals surface area contributed by atoms with Gasteiger partial charge in [-0.3, -0.25) is 4.57 Å². The fraction of sp³-hybridized carbons (Fsp3) is 0.375. The van der Waals surface area contributed by atoms with E-state index in [0.717, 1.165) is 21.9 Å². The zero-order chi connectivity index (χ0) is 15.1. The number of thiazole rings is 1. The van der Waals surface area contributed by atoms with Gasteiger partial charge in [-0.05, 0) is 25.0 Å². The van der Waals surface area contributed by atoms with Gasteiger partial charge in [-0.2, -0.15) is 0 Å². The molecule has 1 fully saturated rings. The molecule has 0 amide bonds. The number of aromatic nitrogens is 2. The van der Waals surface area contributed by atoms with Crippen LogP contribution in [0.4, 0.5) is 5.13 Å². The van der Waals surface area contributed by atoms with E-state index in [1.165, 1.54) is 30.3 Å². The summed E-state index contributed by atoms with van der Waals surface area (Å²) in [7, 11) is 1.71.